The molecule has 0 aromatic heterocycles. The smallest absolute Gasteiger partial charge is 0.337 e. The largest absolute Gasteiger partial charge is 0.478 e. The van der Waals surface area contributed by atoms with Crippen LogP contribution in [0.3, 0.4) is 0 Å². The third-order valence-corrected chi connectivity index (χ3v) is 5.45. The second kappa shape index (κ2) is 3.89. The van der Waals surface area contributed by atoms with Gasteiger partial charge in [0.25, 0.3) is 0 Å². The van der Waals surface area contributed by atoms with Crippen molar-refractivity contribution in [3.05, 3.63) is 42.0 Å². The van der Waals surface area contributed by atoms with E-state index in [1.54, 1.807) is 12.1 Å². The number of carboxylic acids is 1. The highest BCUT2D eigenvalue weighted by Crippen LogP contribution is 2.56. The van der Waals surface area contributed by atoms with Crippen LogP contribution in [0.5, 0.6) is 0 Å². The van der Waals surface area contributed by atoms with Crippen LogP contribution in [0.2, 0.25) is 0 Å². The molecule has 0 saturated carbocycles. The molecule has 4 heteroatoms. The number of hydrogen-bond acceptors (Lipinski definition) is 3. The van der Waals surface area contributed by atoms with Gasteiger partial charge in [-0.15, -0.1) is 0 Å². The summed E-state index contributed by atoms with van der Waals surface area (Å²) in [6, 6.07) is 7.27. The number of ether oxygens (including phenoxy) is 1. The first-order valence-corrected chi connectivity index (χ1v) is 7.41. The van der Waals surface area contributed by atoms with E-state index in [1.165, 1.54) is 0 Å². The van der Waals surface area contributed by atoms with E-state index in [4.69, 9.17) is 4.74 Å². The lowest BCUT2D eigenvalue weighted by molar-refractivity contribution is -0.0288. The molecule has 1 aromatic carbocycles. The predicted molar refractivity (Wildman–Crippen MR) is 79.6 cm³/mol. The summed E-state index contributed by atoms with van der Waals surface area (Å²) in [5.74, 6) is -0.0128. The van der Waals surface area contributed by atoms with E-state index in [0.29, 0.717) is 17.4 Å². The van der Waals surface area contributed by atoms with Gasteiger partial charge < -0.3 is 14.7 Å². The molecule has 2 saturated heterocycles. The van der Waals surface area contributed by atoms with Crippen LogP contribution < -0.4 is 4.90 Å². The number of fused-ring (bicyclic) bond motifs is 5. The fraction of sp³-hybridized carbons (Fsp3) is 0.471. The molecule has 2 fully saturated rings. The van der Waals surface area contributed by atoms with E-state index >= 15 is 0 Å². The molecular weight excluding hydrogens is 266 g/mol. The second-order valence-corrected chi connectivity index (χ2v) is 6.74. The maximum absolute atomic E-state index is 11.4. The van der Waals surface area contributed by atoms with Gasteiger partial charge in [0, 0.05) is 24.9 Å². The Morgan fingerprint density at radius 1 is 1.19 bits per heavy atom. The average Bonchev–Trinajstić information content (AvgIpc) is 3.07. The zero-order valence-corrected chi connectivity index (χ0v) is 12.2. The summed E-state index contributed by atoms with van der Waals surface area (Å²) in [6.07, 6.45) is 4.36. The number of anilines is 1. The molecule has 1 aromatic rings. The minimum absolute atomic E-state index is 0.202. The highest BCUT2D eigenvalue weighted by Gasteiger charge is 2.62. The van der Waals surface area contributed by atoms with Gasteiger partial charge in [-0.05, 0) is 26.0 Å². The quantitative estimate of drug-likeness (QED) is 0.848. The van der Waals surface area contributed by atoms with Crippen LogP contribution in [0, 0.1) is 11.8 Å². The fourth-order valence-corrected chi connectivity index (χ4v) is 4.36. The van der Waals surface area contributed by atoms with Crippen LogP contribution in [0.4, 0.5) is 5.69 Å². The number of carboxylic acid groups (broad SMARTS) is 1. The molecule has 1 N–H and O–H groups in total. The highest BCUT2D eigenvalue weighted by molar-refractivity contribution is 5.94. The van der Waals surface area contributed by atoms with Crippen molar-refractivity contribution in [3.8, 4) is 0 Å². The van der Waals surface area contributed by atoms with Crippen LogP contribution in [0.15, 0.2) is 36.4 Å². The molecule has 4 rings (SSSR count). The Balaban J connectivity index is 1.69. The lowest BCUT2D eigenvalue weighted by Gasteiger charge is -2.28. The molecule has 21 heavy (non-hydrogen) atoms. The van der Waals surface area contributed by atoms with Crippen LogP contribution in [-0.2, 0) is 4.74 Å². The lowest BCUT2D eigenvalue weighted by atomic mass is 9.74. The number of carbonyl (C=O) groups is 1. The standard InChI is InChI=1S/C17H19NO3/c1-16-7-8-17(2,21-16)13-10-18(9-12(13)16)14-6-4-3-5-11(14)15(19)20/h3-8,12-13H,9-10H2,1-2H3,(H,19,20). The van der Waals surface area contributed by atoms with Gasteiger partial charge in [-0.2, -0.15) is 0 Å². The summed E-state index contributed by atoms with van der Waals surface area (Å²) in [7, 11) is 0. The number of para-hydroxylation sites is 1. The molecule has 3 heterocycles. The van der Waals surface area contributed by atoms with Crippen molar-refractivity contribution >= 4 is 11.7 Å². The minimum atomic E-state index is -0.863. The Kier molecular flexibility index (Phi) is 2.39. The first-order chi connectivity index (χ1) is 9.93. The van der Waals surface area contributed by atoms with Crippen LogP contribution in [-0.4, -0.2) is 35.4 Å². The fourth-order valence-electron chi connectivity index (χ4n) is 4.36. The molecular formula is C17H19NO3. The maximum Gasteiger partial charge on any atom is 0.337 e. The molecule has 110 valence electrons. The van der Waals surface area contributed by atoms with E-state index in [2.05, 4.69) is 30.9 Å². The summed E-state index contributed by atoms with van der Waals surface area (Å²) in [6.45, 7) is 5.99. The zero-order valence-electron chi connectivity index (χ0n) is 12.2. The third kappa shape index (κ3) is 1.62. The molecule has 3 aliphatic rings. The van der Waals surface area contributed by atoms with Gasteiger partial charge in [0.15, 0.2) is 0 Å². The van der Waals surface area contributed by atoms with Crippen molar-refractivity contribution in [1.82, 2.24) is 0 Å². The molecule has 0 spiro atoms. The highest BCUT2D eigenvalue weighted by atomic mass is 16.5. The lowest BCUT2D eigenvalue weighted by Crippen LogP contribution is -2.33. The summed E-state index contributed by atoms with van der Waals surface area (Å²) in [5, 5.41) is 9.38. The monoisotopic (exact) mass is 285 g/mol. The van der Waals surface area contributed by atoms with Crippen molar-refractivity contribution in [3.63, 3.8) is 0 Å². The average molecular weight is 285 g/mol. The van der Waals surface area contributed by atoms with E-state index in [1.807, 2.05) is 12.1 Å². The first-order valence-electron chi connectivity index (χ1n) is 7.41. The van der Waals surface area contributed by atoms with E-state index in [9.17, 15) is 9.90 Å². The Morgan fingerprint density at radius 2 is 1.76 bits per heavy atom. The zero-order chi connectivity index (χ0) is 14.8. The SMILES string of the molecule is CC12C=CC(C)(O1)C1CN(c3ccccc3C(=O)O)CC12. The van der Waals surface area contributed by atoms with Crippen molar-refractivity contribution in [2.24, 2.45) is 11.8 Å². The number of aromatic carboxylic acids is 1. The van der Waals surface area contributed by atoms with Crippen molar-refractivity contribution in [2.75, 3.05) is 18.0 Å². The number of nitrogens with zero attached hydrogens (tertiary/aromatic N) is 1. The van der Waals surface area contributed by atoms with Gasteiger partial charge in [-0.1, -0.05) is 24.3 Å². The topological polar surface area (TPSA) is 49.8 Å². The molecule has 0 aliphatic carbocycles. The third-order valence-electron chi connectivity index (χ3n) is 5.45. The molecule has 2 bridgehead atoms. The minimum Gasteiger partial charge on any atom is -0.478 e. The normalized spacial score (nSPS) is 39.8. The van der Waals surface area contributed by atoms with Gasteiger partial charge in [-0.25, -0.2) is 4.79 Å². The molecule has 3 aliphatic heterocycles. The number of rotatable bonds is 2. The van der Waals surface area contributed by atoms with Gasteiger partial charge in [0.1, 0.15) is 0 Å². The Bertz CT molecular complexity index is 629. The summed E-state index contributed by atoms with van der Waals surface area (Å²) < 4.78 is 6.22. The van der Waals surface area contributed by atoms with Crippen molar-refractivity contribution in [1.29, 1.82) is 0 Å². The van der Waals surface area contributed by atoms with Crippen molar-refractivity contribution in [2.45, 2.75) is 25.0 Å². The molecule has 4 atom stereocenters. The van der Waals surface area contributed by atoms with Gasteiger partial charge in [0.2, 0.25) is 0 Å². The molecule has 4 unspecified atom stereocenters. The van der Waals surface area contributed by atoms with E-state index in [0.717, 1.165) is 18.8 Å². The van der Waals surface area contributed by atoms with Crippen LogP contribution in [0.1, 0.15) is 24.2 Å². The second-order valence-electron chi connectivity index (χ2n) is 6.74. The van der Waals surface area contributed by atoms with Gasteiger partial charge in [0.05, 0.1) is 22.5 Å². The number of hydrogen-bond donors (Lipinski definition) is 1. The van der Waals surface area contributed by atoms with Crippen molar-refractivity contribution < 1.29 is 14.6 Å². The molecule has 0 amide bonds. The molecule has 4 nitrogen and oxygen atoms in total. The summed E-state index contributed by atoms with van der Waals surface area (Å²) in [4.78, 5) is 13.6. The summed E-state index contributed by atoms with van der Waals surface area (Å²) >= 11 is 0. The Labute approximate surface area is 124 Å². The number of benzene rings is 1. The Hall–Kier alpha value is -1.81. The molecule has 0 radical (unpaired) electrons. The predicted octanol–water partition coefficient (Wildman–Crippen LogP) is 2.55. The van der Waals surface area contributed by atoms with E-state index in [-0.39, 0.29) is 11.2 Å². The van der Waals surface area contributed by atoms with Gasteiger partial charge >= 0.3 is 5.97 Å². The summed E-state index contributed by atoms with van der Waals surface area (Å²) in [5.41, 5.74) is 0.804. The first kappa shape index (κ1) is 12.9. The van der Waals surface area contributed by atoms with Gasteiger partial charge in [-0.3, -0.25) is 0 Å². The Morgan fingerprint density at radius 3 is 2.33 bits per heavy atom. The van der Waals surface area contributed by atoms with Crippen LogP contribution >= 0.6 is 0 Å². The maximum atomic E-state index is 11.4. The van der Waals surface area contributed by atoms with E-state index < -0.39 is 5.97 Å². The van der Waals surface area contributed by atoms with Crippen LogP contribution in [0.25, 0.3) is 0 Å².